The molecule has 0 bridgehead atoms. The Morgan fingerprint density at radius 2 is 1.57 bits per heavy atom. The fraction of sp³-hybridized carbons (Fsp3) is 0.432. The number of hydrogen-bond acceptors (Lipinski definition) is 7. The van der Waals surface area contributed by atoms with Gasteiger partial charge < -0.3 is 35.4 Å². The van der Waals surface area contributed by atoms with Crippen molar-refractivity contribution in [2.45, 2.75) is 51.4 Å². The van der Waals surface area contributed by atoms with E-state index in [1.165, 1.54) is 17.2 Å². The van der Waals surface area contributed by atoms with Gasteiger partial charge in [-0.1, -0.05) is 36.4 Å². The molecule has 54 heavy (non-hydrogen) atoms. The van der Waals surface area contributed by atoms with Crippen LogP contribution in [0.1, 0.15) is 40.4 Å². The van der Waals surface area contributed by atoms with E-state index >= 15 is 0 Å². The third-order valence-electron chi connectivity index (χ3n) is 8.69. The minimum absolute atomic E-state index is 0.111. The highest BCUT2D eigenvalue weighted by Crippen LogP contribution is 2.26. The number of likely N-dealkylation sites (N-methyl/N-ethyl adjacent to an activating group) is 1. The van der Waals surface area contributed by atoms with Gasteiger partial charge in [0.25, 0.3) is 5.91 Å². The van der Waals surface area contributed by atoms with Gasteiger partial charge in [0, 0.05) is 75.0 Å². The number of nitrogens with one attached hydrogen (secondary N) is 3. The van der Waals surface area contributed by atoms with Crippen LogP contribution < -0.4 is 21.1 Å². The lowest BCUT2D eigenvalue weighted by Crippen LogP contribution is -2.48. The molecule has 0 spiro atoms. The minimum Gasteiger partial charge on any atom is -0.542 e. The third-order valence-corrected chi connectivity index (χ3v) is 8.69. The van der Waals surface area contributed by atoms with Crippen molar-refractivity contribution in [3.8, 4) is 11.1 Å². The van der Waals surface area contributed by atoms with Gasteiger partial charge in [-0.05, 0) is 53.9 Å². The predicted molar refractivity (Wildman–Crippen MR) is 184 cm³/mol. The second-order valence-electron chi connectivity index (χ2n) is 13.4. The van der Waals surface area contributed by atoms with E-state index in [0.29, 0.717) is 23.7 Å². The molecule has 4 N–H and O–H groups in total. The van der Waals surface area contributed by atoms with Crippen molar-refractivity contribution >= 4 is 17.8 Å². The van der Waals surface area contributed by atoms with Gasteiger partial charge in [0.1, 0.15) is 18.3 Å². The van der Waals surface area contributed by atoms with Crippen molar-refractivity contribution in [1.82, 2.24) is 20.9 Å². The van der Waals surface area contributed by atoms with Crippen molar-refractivity contribution in [1.29, 1.82) is 0 Å². The average molecular weight is 772 g/mol. The Morgan fingerprint density at radius 1 is 0.907 bits per heavy atom. The molecular weight excluding hydrogens is 727 g/mol. The Bertz CT molecular complexity index is 1690. The van der Waals surface area contributed by atoms with E-state index in [1.807, 2.05) is 36.4 Å². The summed E-state index contributed by atoms with van der Waals surface area (Å²) in [6, 6.07) is 21.7. The Hall–Kier alpha value is -4.58. The lowest BCUT2D eigenvalue weighted by Gasteiger charge is -2.33. The highest BCUT2D eigenvalue weighted by Gasteiger charge is 2.38. The molecule has 2 saturated heterocycles. The van der Waals surface area contributed by atoms with Crippen LogP contribution in [0.2, 0.25) is 0 Å². The predicted octanol–water partition coefficient (Wildman–Crippen LogP) is 4.09. The van der Waals surface area contributed by atoms with Gasteiger partial charge in [0.15, 0.2) is 0 Å². The summed E-state index contributed by atoms with van der Waals surface area (Å²) in [6.07, 6.45) is -9.12. The van der Waals surface area contributed by atoms with E-state index in [1.54, 1.807) is 6.07 Å². The number of carbonyl (C=O) groups excluding carboxylic acids is 2. The number of carboxylic acids is 2. The van der Waals surface area contributed by atoms with Gasteiger partial charge in [-0.25, -0.2) is 9.18 Å². The Balaban J connectivity index is 0.000000476. The van der Waals surface area contributed by atoms with Crippen LogP contribution in [-0.4, -0.2) is 104 Å². The van der Waals surface area contributed by atoms with E-state index in [2.05, 4.69) is 53.0 Å². The molecule has 5 rings (SSSR count). The van der Waals surface area contributed by atoms with Crippen LogP contribution in [0, 0.1) is 5.82 Å². The topological polar surface area (TPSA) is 134 Å². The van der Waals surface area contributed by atoms with Crippen LogP contribution in [0.15, 0.2) is 66.7 Å². The lowest BCUT2D eigenvalue weighted by molar-refractivity contribution is -0.920. The molecule has 17 heteroatoms. The summed E-state index contributed by atoms with van der Waals surface area (Å²) in [5.74, 6) is -6.13. The highest BCUT2D eigenvalue weighted by atomic mass is 19.4. The molecule has 2 fully saturated rings. The maximum Gasteiger partial charge on any atom is 0.490 e. The van der Waals surface area contributed by atoms with E-state index in [4.69, 9.17) is 19.8 Å². The Morgan fingerprint density at radius 3 is 2.22 bits per heavy atom. The molecular formula is C37H44F7N5O5. The first-order valence-electron chi connectivity index (χ1n) is 17.1. The molecule has 0 radical (unpaired) electrons. The molecule has 2 heterocycles. The first-order valence-corrected chi connectivity index (χ1v) is 17.1. The number of rotatable bonds is 8. The van der Waals surface area contributed by atoms with Gasteiger partial charge in [-0.3, -0.25) is 9.69 Å². The molecule has 1 amide bonds. The standard InChI is InChI=1S/C33H42FN5O.2C2HF3O2/c1-25-22-38(15-13-36-25)23-27-6-3-8-29(18-27)31-20-26(10-11-32(31)34)21-37-33(40)30-9-4-7-28(19-30)24-39(2)16-5-12-35-14-17-39;2*3-2(4,5)1(6)7/h3-4,6-11,18-20,25,35-36H,5,12-17,21-24H2,1-2H3;2*(H,6,7)/t25-,39?;;/m0../s1. The maximum atomic E-state index is 14.9. The fourth-order valence-corrected chi connectivity index (χ4v) is 6.02. The molecule has 2 aliphatic rings. The van der Waals surface area contributed by atoms with Crippen LogP contribution in [0.3, 0.4) is 0 Å². The molecule has 296 valence electrons. The van der Waals surface area contributed by atoms with Crippen molar-refractivity contribution in [2.75, 3.05) is 52.9 Å². The molecule has 10 nitrogen and oxygen atoms in total. The molecule has 3 aromatic carbocycles. The summed E-state index contributed by atoms with van der Waals surface area (Å²) in [4.78, 5) is 33.2. The number of alkyl halides is 6. The fourth-order valence-electron chi connectivity index (χ4n) is 6.02. The zero-order valence-electron chi connectivity index (χ0n) is 29.8. The number of nitrogens with zero attached hydrogens (tertiary/aromatic N) is 2. The Labute approximate surface area is 308 Å². The third kappa shape index (κ3) is 14.7. The SMILES string of the molecule is C[C@H]1CN(Cc2cccc(-c3cc(CNC(=O)c4cccc(C[N+]5(C)CCCNCC5)c4)ccc3F)c2)CCN1.O=C(O)C(F)(F)F.O=C([O-])C(F)(F)F. The average Bonchev–Trinajstić information content (AvgIpc) is 3.31. The molecule has 0 aliphatic carbocycles. The van der Waals surface area contributed by atoms with Gasteiger partial charge >= 0.3 is 18.3 Å². The molecule has 0 saturated carbocycles. The summed E-state index contributed by atoms with van der Waals surface area (Å²) < 4.78 is 79.2. The van der Waals surface area contributed by atoms with E-state index in [9.17, 15) is 35.5 Å². The number of hydrogen-bond donors (Lipinski definition) is 4. The zero-order valence-corrected chi connectivity index (χ0v) is 29.8. The molecule has 2 aliphatic heterocycles. The highest BCUT2D eigenvalue weighted by molar-refractivity contribution is 5.94. The zero-order chi connectivity index (χ0) is 40.1. The first kappa shape index (κ1) is 43.8. The van der Waals surface area contributed by atoms with E-state index in [-0.39, 0.29) is 11.7 Å². The quantitative estimate of drug-likeness (QED) is 0.199. The molecule has 0 aromatic heterocycles. The maximum absolute atomic E-state index is 14.9. The van der Waals surface area contributed by atoms with Crippen LogP contribution >= 0.6 is 0 Å². The van der Waals surface area contributed by atoms with Crippen molar-refractivity contribution in [3.05, 3.63) is 94.8 Å². The smallest absolute Gasteiger partial charge is 0.490 e. The summed E-state index contributed by atoms with van der Waals surface area (Å²) in [5.41, 5.74) is 5.31. The van der Waals surface area contributed by atoms with Crippen molar-refractivity contribution < 1.29 is 59.8 Å². The van der Waals surface area contributed by atoms with Gasteiger partial charge in [0.2, 0.25) is 0 Å². The number of halogens is 7. The second-order valence-corrected chi connectivity index (χ2v) is 13.4. The molecule has 3 aromatic rings. The second kappa shape index (κ2) is 19.7. The summed E-state index contributed by atoms with van der Waals surface area (Å²) in [7, 11) is 2.30. The van der Waals surface area contributed by atoms with E-state index in [0.717, 1.165) is 80.9 Å². The number of benzene rings is 3. The van der Waals surface area contributed by atoms with Crippen LogP contribution in [-0.2, 0) is 29.2 Å². The lowest BCUT2D eigenvalue weighted by atomic mass is 10.00. The van der Waals surface area contributed by atoms with Crippen LogP contribution in [0.25, 0.3) is 11.1 Å². The summed E-state index contributed by atoms with van der Waals surface area (Å²) in [5, 5.41) is 25.9. The van der Waals surface area contributed by atoms with Crippen molar-refractivity contribution in [2.24, 2.45) is 0 Å². The van der Waals surface area contributed by atoms with Crippen LogP contribution in [0.4, 0.5) is 30.7 Å². The van der Waals surface area contributed by atoms with Gasteiger partial charge in [0.05, 0.1) is 20.1 Å². The van der Waals surface area contributed by atoms with Gasteiger partial charge in [-0.2, -0.15) is 26.3 Å². The number of amides is 1. The molecule has 2 atom stereocenters. The number of carboxylic acid groups (broad SMARTS) is 2. The van der Waals surface area contributed by atoms with Crippen molar-refractivity contribution in [3.63, 3.8) is 0 Å². The summed E-state index contributed by atoms with van der Waals surface area (Å²) in [6.45, 7) is 11.6. The number of aliphatic carboxylic acids is 2. The number of piperazine rings is 1. The Kier molecular flexibility index (Phi) is 16.0. The van der Waals surface area contributed by atoms with Crippen LogP contribution in [0.5, 0.6) is 0 Å². The summed E-state index contributed by atoms with van der Waals surface area (Å²) >= 11 is 0. The monoisotopic (exact) mass is 771 g/mol. The normalized spacial score (nSPS) is 19.2. The van der Waals surface area contributed by atoms with E-state index < -0.39 is 24.3 Å². The van der Waals surface area contributed by atoms with Gasteiger partial charge in [-0.15, -0.1) is 0 Å². The molecule has 1 unspecified atom stereocenters. The number of carbonyl (C=O) groups is 3. The minimum atomic E-state index is -5.19. The first-order chi connectivity index (χ1) is 25.3. The largest absolute Gasteiger partial charge is 0.542 e. The number of quaternary nitrogens is 1.